The molecule has 0 aliphatic carbocycles. The first-order chi connectivity index (χ1) is 12.1. The first-order valence-electron chi connectivity index (χ1n) is 8.28. The van der Waals surface area contributed by atoms with Gasteiger partial charge in [0.1, 0.15) is 6.17 Å². The standard InChI is InChI=1S/C19H24N2O3Si/c1-20(18(22)15-9-5-3-6-10-15)17(13-24-14-25)21(2)19(23)16-11-7-4-8-12-16/h3-12,17H,13-14H2,1-2,25H3. The van der Waals surface area contributed by atoms with Crippen LogP contribution in [0.5, 0.6) is 0 Å². The Morgan fingerprint density at radius 2 is 1.28 bits per heavy atom. The number of nitrogens with zero attached hydrogens (tertiary/aromatic N) is 2. The third-order valence-electron chi connectivity index (χ3n) is 4.05. The molecular formula is C19H24N2O3Si. The molecule has 0 atom stereocenters. The summed E-state index contributed by atoms with van der Waals surface area (Å²) in [6.45, 7) is 0.285. The van der Waals surface area contributed by atoms with Gasteiger partial charge in [0.05, 0.1) is 6.61 Å². The van der Waals surface area contributed by atoms with E-state index in [1.54, 1.807) is 48.2 Å². The minimum Gasteiger partial charge on any atom is -0.382 e. The van der Waals surface area contributed by atoms with Crippen molar-refractivity contribution in [1.29, 1.82) is 0 Å². The van der Waals surface area contributed by atoms with Gasteiger partial charge in [0.15, 0.2) is 0 Å². The Balaban J connectivity index is 2.22. The number of amides is 2. The number of ether oxygens (including phenoxy) is 1. The number of hydrogen-bond acceptors (Lipinski definition) is 3. The summed E-state index contributed by atoms with van der Waals surface area (Å²) >= 11 is 0. The molecule has 2 amide bonds. The van der Waals surface area contributed by atoms with Crippen molar-refractivity contribution >= 4 is 22.1 Å². The van der Waals surface area contributed by atoms with Gasteiger partial charge in [0.25, 0.3) is 11.8 Å². The summed E-state index contributed by atoms with van der Waals surface area (Å²) in [7, 11) is 4.30. The number of benzene rings is 2. The molecule has 0 spiro atoms. The highest BCUT2D eigenvalue weighted by Gasteiger charge is 2.28. The Labute approximate surface area is 151 Å². The predicted molar refractivity (Wildman–Crippen MR) is 102 cm³/mol. The number of carbonyl (C=O) groups excluding carboxylic acids is 2. The van der Waals surface area contributed by atoms with Crippen molar-refractivity contribution in [1.82, 2.24) is 9.80 Å². The molecule has 2 aromatic carbocycles. The molecule has 0 N–H and O–H groups in total. The van der Waals surface area contributed by atoms with Crippen molar-refractivity contribution < 1.29 is 14.3 Å². The van der Waals surface area contributed by atoms with Gasteiger partial charge in [-0.2, -0.15) is 0 Å². The van der Waals surface area contributed by atoms with Crippen LogP contribution in [0.25, 0.3) is 0 Å². The normalized spacial score (nSPS) is 10.7. The summed E-state index contributed by atoms with van der Waals surface area (Å²) in [5, 5.41) is 0. The highest BCUT2D eigenvalue weighted by Crippen LogP contribution is 2.13. The molecule has 2 rings (SSSR count). The van der Waals surface area contributed by atoms with E-state index in [4.69, 9.17) is 4.74 Å². The molecule has 0 aliphatic rings. The van der Waals surface area contributed by atoms with Crippen molar-refractivity contribution in [3.05, 3.63) is 71.8 Å². The molecule has 0 saturated carbocycles. The maximum atomic E-state index is 12.8. The average Bonchev–Trinajstić information content (AvgIpc) is 2.68. The number of carbonyl (C=O) groups is 2. The van der Waals surface area contributed by atoms with E-state index >= 15 is 0 Å². The van der Waals surface area contributed by atoms with Gasteiger partial charge < -0.3 is 14.5 Å². The Morgan fingerprint density at radius 1 is 0.880 bits per heavy atom. The molecule has 0 saturated heterocycles. The lowest BCUT2D eigenvalue weighted by molar-refractivity contribution is 0.0113. The van der Waals surface area contributed by atoms with E-state index < -0.39 is 6.17 Å². The molecule has 132 valence electrons. The maximum Gasteiger partial charge on any atom is 0.255 e. The van der Waals surface area contributed by atoms with E-state index in [1.165, 1.54) is 0 Å². The smallest absolute Gasteiger partial charge is 0.255 e. The van der Waals surface area contributed by atoms with E-state index in [1.807, 2.05) is 36.4 Å². The van der Waals surface area contributed by atoms with Crippen molar-refractivity contribution in [3.63, 3.8) is 0 Å². The summed E-state index contributed by atoms with van der Waals surface area (Å²) in [5.41, 5.74) is 1.17. The SMILES string of the molecule is CN(C(=O)c1ccccc1)C(COC[SiH3])N(C)C(=O)c1ccccc1. The molecular weight excluding hydrogens is 332 g/mol. The van der Waals surface area contributed by atoms with Crippen LogP contribution in [0.1, 0.15) is 20.7 Å². The second-order valence-electron chi connectivity index (χ2n) is 5.70. The Hall–Kier alpha value is -2.44. The minimum absolute atomic E-state index is 0.143. The van der Waals surface area contributed by atoms with Gasteiger partial charge in [0, 0.05) is 41.7 Å². The van der Waals surface area contributed by atoms with Gasteiger partial charge in [-0.15, -0.1) is 0 Å². The van der Waals surface area contributed by atoms with Crippen LogP contribution in [-0.4, -0.2) is 65.0 Å². The van der Waals surface area contributed by atoms with Crippen LogP contribution < -0.4 is 0 Å². The summed E-state index contributed by atoms with van der Waals surface area (Å²) in [5.74, 6) is -0.287. The molecule has 25 heavy (non-hydrogen) atoms. The van der Waals surface area contributed by atoms with Gasteiger partial charge in [0.2, 0.25) is 0 Å². The van der Waals surface area contributed by atoms with E-state index in [9.17, 15) is 9.59 Å². The van der Waals surface area contributed by atoms with Crippen molar-refractivity contribution in [2.24, 2.45) is 0 Å². The van der Waals surface area contributed by atoms with Crippen LogP contribution in [-0.2, 0) is 4.74 Å². The second kappa shape index (κ2) is 9.15. The first kappa shape index (κ1) is 18.9. The number of likely N-dealkylation sites (N-methyl/N-ethyl adjacent to an activating group) is 2. The zero-order chi connectivity index (χ0) is 18.2. The van der Waals surface area contributed by atoms with Gasteiger partial charge in [-0.3, -0.25) is 9.59 Å². The van der Waals surface area contributed by atoms with Gasteiger partial charge in [-0.1, -0.05) is 36.4 Å². The molecule has 0 bridgehead atoms. The lowest BCUT2D eigenvalue weighted by Gasteiger charge is -2.35. The highest BCUT2D eigenvalue weighted by molar-refractivity contribution is 6.08. The monoisotopic (exact) mass is 356 g/mol. The molecule has 0 radical (unpaired) electrons. The van der Waals surface area contributed by atoms with Gasteiger partial charge >= 0.3 is 0 Å². The Bertz CT molecular complexity index is 637. The zero-order valence-corrected chi connectivity index (χ0v) is 16.9. The maximum absolute atomic E-state index is 12.8. The van der Waals surface area contributed by atoms with Crippen LogP contribution in [0.4, 0.5) is 0 Å². The third kappa shape index (κ3) is 4.77. The second-order valence-corrected chi connectivity index (χ2v) is 6.28. The highest BCUT2D eigenvalue weighted by atomic mass is 28.1. The van der Waals surface area contributed by atoms with Crippen molar-refractivity contribution in [3.8, 4) is 0 Å². The Kier molecular flexibility index (Phi) is 6.91. The first-order valence-corrected chi connectivity index (χ1v) is 9.69. The molecule has 0 aliphatic heterocycles. The summed E-state index contributed by atoms with van der Waals surface area (Å²) < 4.78 is 5.58. The lowest BCUT2D eigenvalue weighted by Crippen LogP contribution is -2.52. The van der Waals surface area contributed by atoms with Crippen molar-refractivity contribution in [2.75, 3.05) is 26.9 Å². The van der Waals surface area contributed by atoms with Gasteiger partial charge in [-0.05, 0) is 24.3 Å². The zero-order valence-electron chi connectivity index (χ0n) is 14.9. The average molecular weight is 356 g/mol. The van der Waals surface area contributed by atoms with Crippen molar-refractivity contribution in [2.45, 2.75) is 6.17 Å². The summed E-state index contributed by atoms with van der Waals surface area (Å²) in [4.78, 5) is 28.6. The number of hydrogen-bond donors (Lipinski definition) is 0. The van der Waals surface area contributed by atoms with Crippen LogP contribution in [0.2, 0.25) is 0 Å². The van der Waals surface area contributed by atoms with Gasteiger partial charge in [-0.25, -0.2) is 0 Å². The van der Waals surface area contributed by atoms with E-state index in [-0.39, 0.29) is 18.4 Å². The van der Waals surface area contributed by atoms with E-state index in [0.29, 0.717) is 17.4 Å². The lowest BCUT2D eigenvalue weighted by atomic mass is 10.1. The van der Waals surface area contributed by atoms with E-state index in [0.717, 1.165) is 10.2 Å². The topological polar surface area (TPSA) is 49.9 Å². The fourth-order valence-electron chi connectivity index (χ4n) is 2.55. The van der Waals surface area contributed by atoms with E-state index in [2.05, 4.69) is 0 Å². The molecule has 5 nitrogen and oxygen atoms in total. The Morgan fingerprint density at radius 3 is 1.64 bits per heavy atom. The molecule has 0 fully saturated rings. The number of rotatable bonds is 7. The summed E-state index contributed by atoms with van der Waals surface area (Å²) in [6, 6.07) is 18.1. The quantitative estimate of drug-likeness (QED) is 0.553. The molecule has 0 unspecified atom stereocenters. The molecule has 0 aromatic heterocycles. The van der Waals surface area contributed by atoms with Crippen LogP contribution in [0, 0.1) is 0 Å². The predicted octanol–water partition coefficient (Wildman–Crippen LogP) is 1.20. The summed E-state index contributed by atoms with van der Waals surface area (Å²) in [6.07, 6.45) is 0.173. The van der Waals surface area contributed by atoms with Crippen LogP contribution >= 0.6 is 0 Å². The largest absolute Gasteiger partial charge is 0.382 e. The molecule has 2 aromatic rings. The van der Waals surface area contributed by atoms with Crippen LogP contribution in [0.15, 0.2) is 60.7 Å². The minimum atomic E-state index is -0.477. The van der Waals surface area contributed by atoms with Crippen LogP contribution in [0.3, 0.4) is 0 Å². The fraction of sp³-hybridized carbons (Fsp3) is 0.263. The fourth-order valence-corrected chi connectivity index (χ4v) is 2.78. The molecule has 0 heterocycles. The molecule has 6 heteroatoms. The third-order valence-corrected chi connectivity index (χ3v) is 4.46.